The molecule has 0 spiro atoms. The number of likely N-dealkylation sites (tertiary alicyclic amines) is 1. The summed E-state index contributed by atoms with van der Waals surface area (Å²) in [6, 6.07) is 30.0. The summed E-state index contributed by atoms with van der Waals surface area (Å²) >= 11 is 0. The highest BCUT2D eigenvalue weighted by Crippen LogP contribution is 2.51. The Bertz CT molecular complexity index is 2810. The lowest BCUT2D eigenvalue weighted by atomic mass is 9.77. The molecule has 2 aliphatic rings. The van der Waals surface area contributed by atoms with Gasteiger partial charge in [-0.05, 0) is 69.4 Å². The molecule has 0 saturated carbocycles. The summed E-state index contributed by atoms with van der Waals surface area (Å²) in [6.07, 6.45) is -3.82. The fourth-order valence-electron chi connectivity index (χ4n) is 9.37. The van der Waals surface area contributed by atoms with Gasteiger partial charge in [0.15, 0.2) is 5.75 Å². The molecule has 3 atom stereocenters. The molecule has 2 aromatic heterocycles. The third-order valence-corrected chi connectivity index (χ3v) is 12.4. The molecule has 1 N–H and O–H groups in total. The molecule has 2 bridgehead atoms. The van der Waals surface area contributed by atoms with E-state index in [0.29, 0.717) is 6.42 Å². The van der Waals surface area contributed by atoms with Crippen molar-refractivity contribution in [2.75, 3.05) is 31.7 Å². The summed E-state index contributed by atoms with van der Waals surface area (Å²) in [5.41, 5.74) is -1.96. The van der Waals surface area contributed by atoms with E-state index in [1.165, 1.54) is 20.1 Å². The van der Waals surface area contributed by atoms with Gasteiger partial charge >= 0.3 is 18.3 Å². The van der Waals surface area contributed by atoms with Crippen molar-refractivity contribution in [3.05, 3.63) is 143 Å². The number of hydrogen-bond donors (Lipinski definition) is 1. The summed E-state index contributed by atoms with van der Waals surface area (Å²) in [5.74, 6) is -1.57. The third kappa shape index (κ3) is 7.64. The van der Waals surface area contributed by atoms with E-state index >= 15 is 17.6 Å². The zero-order valence-electron chi connectivity index (χ0n) is 36.7. The maximum Gasteiger partial charge on any atom is 0.417 e. The van der Waals surface area contributed by atoms with Gasteiger partial charge in [0.25, 0.3) is 0 Å². The molecular formula is C50H48F4N6O5. The molecule has 7 aromatic rings. The summed E-state index contributed by atoms with van der Waals surface area (Å²) in [6.45, 7) is 8.92. The molecule has 0 unspecified atom stereocenters. The highest BCUT2D eigenvalue weighted by molar-refractivity contribution is 6.06. The van der Waals surface area contributed by atoms with Gasteiger partial charge < -0.3 is 29.1 Å². The Morgan fingerprint density at radius 2 is 1.45 bits per heavy atom. The number of hydrogen-bond acceptors (Lipinski definition) is 9. The maximum atomic E-state index is 16.4. The number of fused-ring (bicyclic) bond motifs is 4. The Labute approximate surface area is 373 Å². The number of rotatable bonds is 10. The lowest BCUT2D eigenvalue weighted by Crippen LogP contribution is -2.50. The molecule has 2 aliphatic heterocycles. The molecule has 0 aliphatic carbocycles. The topological polar surface area (TPSA) is 115 Å². The number of aromatic hydroxyl groups is 1. The number of aromatic nitrogens is 4. The van der Waals surface area contributed by atoms with Gasteiger partial charge in [0, 0.05) is 54.4 Å². The van der Waals surface area contributed by atoms with Gasteiger partial charge in [-0.2, -0.15) is 28.2 Å². The van der Waals surface area contributed by atoms with E-state index in [1.807, 2.05) is 95.9 Å². The van der Waals surface area contributed by atoms with Crippen LogP contribution < -0.4 is 9.64 Å². The van der Waals surface area contributed by atoms with E-state index in [9.17, 15) is 9.90 Å². The van der Waals surface area contributed by atoms with Gasteiger partial charge in [0.05, 0.1) is 29.3 Å². The van der Waals surface area contributed by atoms with Crippen molar-refractivity contribution in [2.45, 2.75) is 76.5 Å². The largest absolute Gasteiger partial charge is 0.505 e. The molecule has 11 nitrogen and oxygen atoms in total. The second kappa shape index (κ2) is 16.4. The fraction of sp³-hybridized carbons (Fsp3) is 0.320. The average Bonchev–Trinajstić information content (AvgIpc) is 4.02. The number of nitrogens with zero attached hydrogens (tertiary/aromatic N) is 6. The molecule has 4 heterocycles. The fourth-order valence-corrected chi connectivity index (χ4v) is 9.37. The third-order valence-electron chi connectivity index (χ3n) is 12.4. The van der Waals surface area contributed by atoms with Crippen LogP contribution in [0, 0.1) is 12.7 Å². The first-order valence-electron chi connectivity index (χ1n) is 21.4. The number of piperazine rings is 1. The number of ether oxygens (including phenoxy) is 3. The molecule has 336 valence electrons. The zero-order valence-corrected chi connectivity index (χ0v) is 36.7. The number of phenols is 1. The van der Waals surface area contributed by atoms with Crippen LogP contribution in [0.3, 0.4) is 0 Å². The molecule has 0 radical (unpaired) electrons. The van der Waals surface area contributed by atoms with Crippen molar-refractivity contribution in [3.8, 4) is 22.9 Å². The van der Waals surface area contributed by atoms with Crippen LogP contribution in [0.4, 0.5) is 28.2 Å². The van der Waals surface area contributed by atoms with E-state index in [0.717, 1.165) is 22.8 Å². The molecule has 9 rings (SSSR count). The highest BCUT2D eigenvalue weighted by atomic mass is 19.4. The number of alkyl halides is 3. The lowest BCUT2D eigenvalue weighted by molar-refractivity contribution is -0.137. The SMILES string of the molecule is CO[C@@H](C)COc1nc(N2C[C@@H]3C[C@H]2CN3C(=O)OC(C)(C)C)c2cc(C(F)(F)F)c(-c3c(C)c(F)cc4nn(C(c5ccccc5)(c5ccccc5)c5ccccc5)cc34)c(O)c2n1. The van der Waals surface area contributed by atoms with Gasteiger partial charge in [-0.1, -0.05) is 91.0 Å². The van der Waals surface area contributed by atoms with Crippen LogP contribution in [0.2, 0.25) is 0 Å². The molecule has 5 aromatic carbocycles. The summed E-state index contributed by atoms with van der Waals surface area (Å²) in [5, 5.41) is 17.5. The van der Waals surface area contributed by atoms with Gasteiger partial charge in [0.2, 0.25) is 0 Å². The summed E-state index contributed by atoms with van der Waals surface area (Å²) < 4.78 is 82.6. The number of halogens is 4. The second-order valence-electron chi connectivity index (χ2n) is 17.7. The Balaban J connectivity index is 1.28. The van der Waals surface area contributed by atoms with Crippen LogP contribution in [-0.2, 0) is 21.2 Å². The normalized spacial score (nSPS) is 17.0. The number of amides is 1. The first-order chi connectivity index (χ1) is 31.0. The molecule has 15 heteroatoms. The predicted octanol–water partition coefficient (Wildman–Crippen LogP) is 10.3. The molecule has 65 heavy (non-hydrogen) atoms. The minimum Gasteiger partial charge on any atom is -0.505 e. The molecular weight excluding hydrogens is 841 g/mol. The van der Waals surface area contributed by atoms with Gasteiger partial charge in [-0.25, -0.2) is 9.18 Å². The Morgan fingerprint density at radius 1 is 0.846 bits per heavy atom. The Kier molecular flexibility index (Phi) is 10.9. The Hall–Kier alpha value is -6.74. The molecule has 1 amide bonds. The van der Waals surface area contributed by atoms with Gasteiger partial charge in [0.1, 0.15) is 34.9 Å². The van der Waals surface area contributed by atoms with E-state index in [4.69, 9.17) is 19.3 Å². The van der Waals surface area contributed by atoms with E-state index < -0.39 is 52.2 Å². The van der Waals surface area contributed by atoms with E-state index in [-0.39, 0.29) is 76.5 Å². The van der Waals surface area contributed by atoms with Crippen LogP contribution in [-0.4, -0.2) is 86.4 Å². The summed E-state index contributed by atoms with van der Waals surface area (Å²) in [4.78, 5) is 25.8. The van der Waals surface area contributed by atoms with Crippen LogP contribution in [0.5, 0.6) is 11.8 Å². The van der Waals surface area contributed by atoms with Crippen molar-refractivity contribution in [1.29, 1.82) is 0 Å². The quantitative estimate of drug-likeness (QED) is 0.106. The van der Waals surface area contributed by atoms with Crippen molar-refractivity contribution >= 4 is 33.7 Å². The van der Waals surface area contributed by atoms with Gasteiger partial charge in [-0.3, -0.25) is 4.68 Å². The smallest absolute Gasteiger partial charge is 0.417 e. The second-order valence-corrected chi connectivity index (χ2v) is 17.7. The van der Waals surface area contributed by atoms with Crippen molar-refractivity contribution < 1.29 is 41.7 Å². The summed E-state index contributed by atoms with van der Waals surface area (Å²) in [7, 11) is 1.50. The monoisotopic (exact) mass is 888 g/mol. The number of carbonyl (C=O) groups excluding carboxylic acids is 1. The first kappa shape index (κ1) is 43.5. The first-order valence-corrected chi connectivity index (χ1v) is 21.4. The van der Waals surface area contributed by atoms with E-state index in [2.05, 4.69) is 9.97 Å². The van der Waals surface area contributed by atoms with Crippen LogP contribution in [0.1, 0.15) is 61.9 Å². The number of phenolic OH excluding ortho intramolecular Hbond substituents is 1. The average molecular weight is 889 g/mol. The molecule has 2 fully saturated rings. The molecule has 2 saturated heterocycles. The predicted molar refractivity (Wildman–Crippen MR) is 239 cm³/mol. The highest BCUT2D eigenvalue weighted by Gasteiger charge is 2.48. The number of benzene rings is 5. The standard InChI is InChI=1S/C50H48F4N6O5/c1-29(63-6)28-64-46-55-43-36(45(56-46)58-25-35-22-34(58)26-59(35)47(62)65-48(3,4)5)23-38(50(52,53)54)42(44(43)61)41-30(2)39(51)24-40-37(41)27-60(57-40)49(31-16-10-7-11-17-31,32-18-12-8-13-19-32)33-20-14-9-15-21-33/h7-21,23-24,27,29,34-35,61H,22,25-26,28H2,1-6H3/t29-,34-,35-/m0/s1. The maximum absolute atomic E-state index is 16.4. The minimum atomic E-state index is -5.07. The van der Waals surface area contributed by atoms with Crippen LogP contribution in [0.15, 0.2) is 109 Å². The van der Waals surface area contributed by atoms with Crippen LogP contribution >= 0.6 is 0 Å². The number of methoxy groups -OCH3 is 1. The van der Waals surface area contributed by atoms with E-state index in [1.54, 1.807) is 43.5 Å². The lowest BCUT2D eigenvalue weighted by Gasteiger charge is -2.36. The van der Waals surface area contributed by atoms with Crippen molar-refractivity contribution in [1.82, 2.24) is 24.6 Å². The minimum absolute atomic E-state index is 0.0109. The number of anilines is 1. The number of carbonyl (C=O) groups is 1. The van der Waals surface area contributed by atoms with Crippen LogP contribution in [0.25, 0.3) is 32.9 Å². The van der Waals surface area contributed by atoms with Gasteiger partial charge in [-0.15, -0.1) is 0 Å². The van der Waals surface area contributed by atoms with Crippen molar-refractivity contribution in [3.63, 3.8) is 0 Å². The Morgan fingerprint density at radius 3 is 1.97 bits per heavy atom. The van der Waals surface area contributed by atoms with Crippen molar-refractivity contribution in [2.24, 2.45) is 0 Å². The zero-order chi connectivity index (χ0) is 46.0.